The second-order valence-corrected chi connectivity index (χ2v) is 5.32. The van der Waals surface area contributed by atoms with Crippen LogP contribution in [-0.2, 0) is 11.3 Å². The zero-order valence-corrected chi connectivity index (χ0v) is 13.6. The number of aryl methyl sites for hydroxylation is 1. The molecular formula is C14H14N6O4S. The third kappa shape index (κ3) is 5.07. The number of carboxylic acids is 1. The highest BCUT2D eigenvalue weighted by atomic mass is 32.1. The van der Waals surface area contributed by atoms with Gasteiger partial charge in [-0.05, 0) is 12.2 Å². The van der Waals surface area contributed by atoms with E-state index < -0.39 is 10.9 Å². The minimum Gasteiger partial charge on any atom is -0.481 e. The highest BCUT2D eigenvalue weighted by Gasteiger charge is 2.14. The molecule has 10 nitrogen and oxygen atoms in total. The van der Waals surface area contributed by atoms with E-state index in [2.05, 4.69) is 27.8 Å². The Hall–Kier alpha value is -3.34. The van der Waals surface area contributed by atoms with E-state index in [1.807, 2.05) is 0 Å². The van der Waals surface area contributed by atoms with Gasteiger partial charge in [-0.3, -0.25) is 25.0 Å². The van der Waals surface area contributed by atoms with E-state index in [1.165, 1.54) is 29.1 Å². The van der Waals surface area contributed by atoms with E-state index in [0.717, 1.165) is 0 Å². The molecule has 1 heterocycles. The van der Waals surface area contributed by atoms with Gasteiger partial charge in [0.25, 0.3) is 5.69 Å². The summed E-state index contributed by atoms with van der Waals surface area (Å²) in [6.45, 7) is 0.147. The lowest BCUT2D eigenvalue weighted by atomic mass is 10.1. The van der Waals surface area contributed by atoms with Crippen LogP contribution in [0, 0.1) is 10.1 Å². The molecule has 0 saturated carbocycles. The van der Waals surface area contributed by atoms with Crippen molar-refractivity contribution in [1.29, 1.82) is 0 Å². The largest absolute Gasteiger partial charge is 0.481 e. The smallest absolute Gasteiger partial charge is 0.305 e. The van der Waals surface area contributed by atoms with E-state index in [-0.39, 0.29) is 23.8 Å². The average molecular weight is 362 g/mol. The predicted octanol–water partition coefficient (Wildman–Crippen LogP) is 1.10. The average Bonchev–Trinajstić information content (AvgIpc) is 2.96. The second kappa shape index (κ2) is 7.97. The van der Waals surface area contributed by atoms with Crippen molar-refractivity contribution >= 4 is 35.2 Å². The van der Waals surface area contributed by atoms with Crippen LogP contribution in [0.3, 0.4) is 0 Å². The van der Waals surface area contributed by atoms with Gasteiger partial charge in [-0.2, -0.15) is 10.2 Å². The molecule has 2 aromatic rings. The number of hydrogen-bond donors (Lipinski definition) is 3. The Kier molecular flexibility index (Phi) is 5.74. The number of hydrogen-bond acceptors (Lipinski definition) is 6. The molecule has 1 aromatic heterocycles. The van der Waals surface area contributed by atoms with Gasteiger partial charge in [0.2, 0.25) is 0 Å². The number of nitrogens with two attached hydrogens (primary N) is 1. The second-order valence-electron chi connectivity index (χ2n) is 4.88. The van der Waals surface area contributed by atoms with Gasteiger partial charge in [0, 0.05) is 29.5 Å². The lowest BCUT2D eigenvalue weighted by Crippen LogP contribution is -2.24. The summed E-state index contributed by atoms with van der Waals surface area (Å²) in [5.41, 5.74) is 9.05. The van der Waals surface area contributed by atoms with Crippen LogP contribution < -0.4 is 11.2 Å². The molecule has 11 heteroatoms. The summed E-state index contributed by atoms with van der Waals surface area (Å²) in [5, 5.41) is 27.9. The molecule has 0 bridgehead atoms. The molecule has 0 radical (unpaired) electrons. The topological polar surface area (TPSA) is 149 Å². The van der Waals surface area contributed by atoms with Crippen molar-refractivity contribution in [1.82, 2.24) is 15.2 Å². The fraction of sp³-hybridized carbons (Fsp3) is 0.143. The van der Waals surface area contributed by atoms with Crippen LogP contribution in [0.2, 0.25) is 0 Å². The molecule has 130 valence electrons. The predicted molar refractivity (Wildman–Crippen MR) is 94.1 cm³/mol. The maximum Gasteiger partial charge on any atom is 0.305 e. The van der Waals surface area contributed by atoms with Gasteiger partial charge >= 0.3 is 5.97 Å². The third-order valence-corrected chi connectivity index (χ3v) is 3.14. The quantitative estimate of drug-likeness (QED) is 0.287. The number of non-ortho nitro benzene ring substituents is 1. The molecule has 0 aliphatic heterocycles. The molecule has 0 unspecified atom stereocenters. The van der Waals surface area contributed by atoms with Gasteiger partial charge in [0.05, 0.1) is 24.1 Å². The van der Waals surface area contributed by atoms with Crippen molar-refractivity contribution < 1.29 is 14.8 Å². The van der Waals surface area contributed by atoms with Crippen LogP contribution in [0.5, 0.6) is 0 Å². The molecule has 1 aromatic carbocycles. The van der Waals surface area contributed by atoms with Gasteiger partial charge in [-0.1, -0.05) is 12.1 Å². The Morgan fingerprint density at radius 2 is 2.32 bits per heavy atom. The van der Waals surface area contributed by atoms with Crippen molar-refractivity contribution in [2.24, 2.45) is 10.8 Å². The zero-order chi connectivity index (χ0) is 18.4. The van der Waals surface area contributed by atoms with E-state index in [4.69, 9.17) is 10.8 Å². The zero-order valence-electron chi connectivity index (χ0n) is 12.8. The number of benzene rings is 1. The molecule has 0 fully saturated rings. The molecule has 0 aliphatic rings. The fourth-order valence-electron chi connectivity index (χ4n) is 2.01. The van der Waals surface area contributed by atoms with Crippen LogP contribution in [0.1, 0.15) is 12.0 Å². The summed E-state index contributed by atoms with van der Waals surface area (Å²) in [4.78, 5) is 21.2. The maximum absolute atomic E-state index is 10.9. The lowest BCUT2D eigenvalue weighted by Gasteiger charge is -2.00. The number of carboxylic acid groups (broad SMARTS) is 1. The first-order valence-electron chi connectivity index (χ1n) is 6.99. The molecule has 25 heavy (non-hydrogen) atoms. The number of rotatable bonds is 7. The molecule has 0 amide bonds. The first-order valence-corrected chi connectivity index (χ1v) is 7.40. The summed E-state index contributed by atoms with van der Waals surface area (Å²) in [6.07, 6.45) is 2.87. The summed E-state index contributed by atoms with van der Waals surface area (Å²) in [5.74, 6) is -0.960. The van der Waals surface area contributed by atoms with E-state index in [9.17, 15) is 14.9 Å². The van der Waals surface area contributed by atoms with Crippen LogP contribution in [0.25, 0.3) is 11.3 Å². The highest BCUT2D eigenvalue weighted by Crippen LogP contribution is 2.25. The van der Waals surface area contributed by atoms with Crippen LogP contribution in [-0.4, -0.2) is 37.1 Å². The summed E-state index contributed by atoms with van der Waals surface area (Å²) in [6, 6.07) is 5.95. The first kappa shape index (κ1) is 18.0. The Bertz CT molecular complexity index is 848. The van der Waals surface area contributed by atoms with Gasteiger partial charge in [-0.25, -0.2) is 0 Å². The van der Waals surface area contributed by atoms with E-state index in [1.54, 1.807) is 12.3 Å². The molecular weight excluding hydrogens is 348 g/mol. The molecule has 2 rings (SSSR count). The van der Waals surface area contributed by atoms with E-state index in [0.29, 0.717) is 16.8 Å². The summed E-state index contributed by atoms with van der Waals surface area (Å²) < 4.78 is 1.43. The third-order valence-electron chi connectivity index (χ3n) is 3.05. The number of aromatic nitrogens is 2. The van der Waals surface area contributed by atoms with Gasteiger partial charge < -0.3 is 10.8 Å². The number of thiocarbonyl (C=S) groups is 1. The standard InChI is InChI=1S/C14H14N6O4S/c15-14(25)17-16-7-10-8-19(5-4-12(21)22)18-13(10)9-2-1-3-11(6-9)20(23)24/h1-3,6-8H,4-5H2,(H,21,22)(H3,15,17,25). The van der Waals surface area contributed by atoms with Crippen LogP contribution >= 0.6 is 12.2 Å². The Balaban J connectivity index is 2.40. The highest BCUT2D eigenvalue weighted by molar-refractivity contribution is 7.80. The minimum atomic E-state index is -0.960. The molecule has 0 saturated heterocycles. The molecule has 0 atom stereocenters. The Morgan fingerprint density at radius 1 is 1.56 bits per heavy atom. The van der Waals surface area contributed by atoms with Crippen molar-refractivity contribution in [3.63, 3.8) is 0 Å². The summed E-state index contributed by atoms with van der Waals surface area (Å²) >= 11 is 4.65. The van der Waals surface area contributed by atoms with Gasteiger partial charge in [0.15, 0.2) is 5.11 Å². The van der Waals surface area contributed by atoms with Crippen molar-refractivity contribution in [2.45, 2.75) is 13.0 Å². The number of aliphatic carboxylic acids is 1. The van der Waals surface area contributed by atoms with Crippen LogP contribution in [0.15, 0.2) is 35.6 Å². The van der Waals surface area contributed by atoms with Crippen LogP contribution in [0.4, 0.5) is 5.69 Å². The summed E-state index contributed by atoms with van der Waals surface area (Å²) in [7, 11) is 0. The number of hydrazone groups is 1. The number of nitro benzene ring substituents is 1. The van der Waals surface area contributed by atoms with Crippen molar-refractivity contribution in [3.8, 4) is 11.3 Å². The van der Waals surface area contributed by atoms with Crippen molar-refractivity contribution in [2.75, 3.05) is 0 Å². The number of carbonyl (C=O) groups is 1. The first-order chi connectivity index (χ1) is 11.9. The van der Waals surface area contributed by atoms with Gasteiger partial charge in [-0.15, -0.1) is 0 Å². The SMILES string of the molecule is NC(=S)NN=Cc1cn(CCC(=O)O)nc1-c1cccc([N+](=O)[O-])c1. The van der Waals surface area contributed by atoms with Gasteiger partial charge in [0.1, 0.15) is 5.69 Å². The van der Waals surface area contributed by atoms with Crippen molar-refractivity contribution in [3.05, 3.63) is 46.1 Å². The maximum atomic E-state index is 10.9. The normalized spacial score (nSPS) is 10.7. The Labute approximate surface area is 147 Å². The Morgan fingerprint density at radius 3 is 2.96 bits per heavy atom. The molecule has 0 aliphatic carbocycles. The number of nitro groups is 1. The monoisotopic (exact) mass is 362 g/mol. The lowest BCUT2D eigenvalue weighted by molar-refractivity contribution is -0.384. The number of nitrogens with zero attached hydrogens (tertiary/aromatic N) is 4. The van der Waals surface area contributed by atoms with E-state index >= 15 is 0 Å². The fourth-order valence-corrected chi connectivity index (χ4v) is 2.07. The minimum absolute atomic E-state index is 0.0218. The molecule has 0 spiro atoms. The molecule has 4 N–H and O–H groups in total. The number of nitrogens with one attached hydrogen (secondary N) is 1.